The first-order valence-corrected chi connectivity index (χ1v) is 6.26. The molecule has 1 aromatic carbocycles. The topological polar surface area (TPSA) is 73.6 Å². The lowest BCUT2D eigenvalue weighted by Gasteiger charge is -2.32. The summed E-state index contributed by atoms with van der Waals surface area (Å²) in [5, 5.41) is 0. The largest absolute Gasteiger partial charge is 0.399 e. The zero-order chi connectivity index (χ0) is 14.3. The second-order valence-corrected chi connectivity index (χ2v) is 5.84. The summed E-state index contributed by atoms with van der Waals surface area (Å²) < 4.78 is 19.8. The number of benzene rings is 1. The maximum Gasteiger partial charge on any atom is 0.128 e. The molecule has 0 fully saturated rings. The van der Waals surface area contributed by atoms with Crippen LogP contribution in [-0.4, -0.2) is 18.0 Å². The molecule has 1 aliphatic rings. The summed E-state index contributed by atoms with van der Waals surface area (Å²) in [7, 11) is 0. The minimum Gasteiger partial charge on any atom is -0.399 e. The fraction of sp³-hybridized carbons (Fsp3) is 0.500. The molecule has 0 unspecified atom stereocenters. The molecule has 4 nitrogen and oxygen atoms in total. The maximum atomic E-state index is 14.1. The van der Waals surface area contributed by atoms with Crippen LogP contribution < -0.4 is 11.5 Å². The van der Waals surface area contributed by atoms with Crippen molar-refractivity contribution in [3.05, 3.63) is 29.6 Å². The van der Waals surface area contributed by atoms with Crippen molar-refractivity contribution in [3.8, 4) is 0 Å². The Kier molecular flexibility index (Phi) is 3.26. The molecule has 0 bridgehead atoms. The van der Waals surface area contributed by atoms with Gasteiger partial charge < -0.3 is 16.2 Å². The second kappa shape index (κ2) is 4.49. The number of nitrogens with two attached hydrogens (primary N) is 2. The third kappa shape index (κ3) is 2.87. The average molecular weight is 265 g/mol. The first-order valence-electron chi connectivity index (χ1n) is 6.26. The molecular weight excluding hydrogens is 245 g/mol. The van der Waals surface area contributed by atoms with Gasteiger partial charge in [0.25, 0.3) is 0 Å². The molecule has 0 saturated carbocycles. The van der Waals surface area contributed by atoms with Crippen LogP contribution >= 0.6 is 0 Å². The van der Waals surface area contributed by atoms with Crippen LogP contribution in [0.2, 0.25) is 0 Å². The lowest BCUT2D eigenvalue weighted by Crippen LogP contribution is -2.33. The molecule has 1 heterocycles. The van der Waals surface area contributed by atoms with Gasteiger partial charge in [0, 0.05) is 17.7 Å². The number of halogens is 1. The summed E-state index contributed by atoms with van der Waals surface area (Å²) in [6.45, 7) is 6.01. The zero-order valence-electron chi connectivity index (χ0n) is 11.5. The van der Waals surface area contributed by atoms with E-state index in [9.17, 15) is 4.39 Å². The molecule has 0 aromatic heterocycles. The third-order valence-corrected chi connectivity index (χ3v) is 3.34. The Bertz CT molecular complexity index is 527. The van der Waals surface area contributed by atoms with Gasteiger partial charge in [-0.3, -0.25) is 4.99 Å². The van der Waals surface area contributed by atoms with Gasteiger partial charge >= 0.3 is 0 Å². The lowest BCUT2D eigenvalue weighted by atomic mass is 9.82. The minimum absolute atomic E-state index is 0.256. The van der Waals surface area contributed by atoms with E-state index in [0.717, 1.165) is 0 Å². The highest BCUT2D eigenvalue weighted by Gasteiger charge is 2.38. The number of nitrogen functional groups attached to an aromatic ring is 1. The number of hydrogen-bond acceptors (Lipinski definition) is 4. The van der Waals surface area contributed by atoms with Crippen molar-refractivity contribution in [3.63, 3.8) is 0 Å². The first kappa shape index (κ1) is 13.8. The molecule has 2 rings (SSSR count). The van der Waals surface area contributed by atoms with Gasteiger partial charge in [-0.15, -0.1) is 0 Å². The van der Waals surface area contributed by atoms with Gasteiger partial charge in [-0.25, -0.2) is 4.39 Å². The highest BCUT2D eigenvalue weighted by Crippen LogP contribution is 2.39. The Labute approximate surface area is 112 Å². The molecule has 0 spiro atoms. The zero-order valence-corrected chi connectivity index (χ0v) is 11.5. The predicted molar refractivity (Wildman–Crippen MR) is 74.4 cm³/mol. The van der Waals surface area contributed by atoms with Gasteiger partial charge in [-0.1, -0.05) is 0 Å². The standard InChI is InChI=1S/C14H20FN3O/c1-13(2)8-14(3,18-12(17)7-19-13)10-6-9(16)4-5-11(10)15/h4-6H,7-8,16H2,1-3H3,(H2,17,18)/t14-/m0/s1. The molecule has 104 valence electrons. The van der Waals surface area contributed by atoms with E-state index in [1.54, 1.807) is 6.07 Å². The van der Waals surface area contributed by atoms with E-state index in [1.165, 1.54) is 12.1 Å². The van der Waals surface area contributed by atoms with Crippen molar-refractivity contribution in [2.45, 2.75) is 38.3 Å². The van der Waals surface area contributed by atoms with Crippen molar-refractivity contribution in [2.24, 2.45) is 10.7 Å². The molecule has 0 aliphatic carbocycles. The monoisotopic (exact) mass is 265 g/mol. The van der Waals surface area contributed by atoms with Crippen LogP contribution in [0.25, 0.3) is 0 Å². The van der Waals surface area contributed by atoms with Crippen LogP contribution in [0.3, 0.4) is 0 Å². The van der Waals surface area contributed by atoms with Gasteiger partial charge in [0.2, 0.25) is 0 Å². The molecule has 0 saturated heterocycles. The average Bonchev–Trinajstić information content (AvgIpc) is 2.39. The fourth-order valence-corrected chi connectivity index (χ4v) is 2.65. The molecule has 5 heteroatoms. The minimum atomic E-state index is -0.774. The smallest absolute Gasteiger partial charge is 0.128 e. The maximum absolute atomic E-state index is 14.1. The molecule has 1 atom stereocenters. The molecule has 1 aromatic rings. The summed E-state index contributed by atoms with van der Waals surface area (Å²) in [6, 6.07) is 4.52. The number of aliphatic imine (C=N–C) groups is 1. The number of nitrogens with zero attached hydrogens (tertiary/aromatic N) is 1. The predicted octanol–water partition coefficient (Wildman–Crippen LogP) is 2.18. The highest BCUT2D eigenvalue weighted by atomic mass is 19.1. The van der Waals surface area contributed by atoms with Gasteiger partial charge in [0.15, 0.2) is 0 Å². The SMILES string of the molecule is CC1(C)C[C@@](C)(c2cc(N)ccc2F)N=C(N)CO1. The summed E-state index contributed by atoms with van der Waals surface area (Å²) in [6.07, 6.45) is 0.529. The van der Waals surface area contributed by atoms with E-state index < -0.39 is 11.1 Å². The number of amidine groups is 1. The van der Waals surface area contributed by atoms with Gasteiger partial charge in [0.05, 0.1) is 11.1 Å². The Morgan fingerprint density at radius 1 is 1.26 bits per heavy atom. The number of ether oxygens (including phenoxy) is 1. The molecule has 0 radical (unpaired) electrons. The summed E-state index contributed by atoms with van der Waals surface area (Å²) in [5.41, 5.74) is 11.3. The normalized spacial score (nSPS) is 26.6. The third-order valence-electron chi connectivity index (χ3n) is 3.34. The number of anilines is 1. The first-order chi connectivity index (χ1) is 8.72. The Balaban J connectivity index is 2.54. The molecule has 19 heavy (non-hydrogen) atoms. The fourth-order valence-electron chi connectivity index (χ4n) is 2.65. The quantitative estimate of drug-likeness (QED) is 0.764. The molecule has 0 amide bonds. The molecular formula is C14H20FN3O. The van der Waals surface area contributed by atoms with Crippen molar-refractivity contribution in [1.29, 1.82) is 0 Å². The van der Waals surface area contributed by atoms with Crippen molar-refractivity contribution >= 4 is 11.5 Å². The van der Waals surface area contributed by atoms with E-state index in [1.807, 2.05) is 20.8 Å². The Morgan fingerprint density at radius 3 is 2.63 bits per heavy atom. The number of hydrogen-bond donors (Lipinski definition) is 2. The Hall–Kier alpha value is -1.62. The lowest BCUT2D eigenvalue weighted by molar-refractivity contribution is -0.0105. The van der Waals surface area contributed by atoms with Crippen LogP contribution in [0.15, 0.2) is 23.2 Å². The highest BCUT2D eigenvalue weighted by molar-refractivity contribution is 5.82. The summed E-state index contributed by atoms with van der Waals surface area (Å²) in [5.74, 6) is 0.0425. The van der Waals surface area contributed by atoms with Crippen molar-refractivity contribution < 1.29 is 9.13 Å². The van der Waals surface area contributed by atoms with Gasteiger partial charge in [-0.05, 0) is 39.0 Å². The van der Waals surface area contributed by atoms with E-state index >= 15 is 0 Å². The van der Waals surface area contributed by atoms with E-state index in [2.05, 4.69) is 4.99 Å². The Morgan fingerprint density at radius 2 is 1.95 bits per heavy atom. The second-order valence-electron chi connectivity index (χ2n) is 5.84. The molecule has 4 N–H and O–H groups in total. The summed E-state index contributed by atoms with van der Waals surface area (Å²) >= 11 is 0. The van der Waals surface area contributed by atoms with E-state index in [-0.39, 0.29) is 12.4 Å². The van der Waals surface area contributed by atoms with Crippen LogP contribution in [0.5, 0.6) is 0 Å². The van der Waals surface area contributed by atoms with Gasteiger partial charge in [0.1, 0.15) is 18.3 Å². The van der Waals surface area contributed by atoms with E-state index in [0.29, 0.717) is 23.5 Å². The number of rotatable bonds is 1. The van der Waals surface area contributed by atoms with Gasteiger partial charge in [-0.2, -0.15) is 0 Å². The van der Waals surface area contributed by atoms with Crippen LogP contribution in [0.1, 0.15) is 32.8 Å². The van der Waals surface area contributed by atoms with Crippen molar-refractivity contribution in [2.75, 3.05) is 12.3 Å². The van der Waals surface area contributed by atoms with Crippen LogP contribution in [0.4, 0.5) is 10.1 Å². The summed E-state index contributed by atoms with van der Waals surface area (Å²) in [4.78, 5) is 4.45. The van der Waals surface area contributed by atoms with Crippen LogP contribution in [0, 0.1) is 5.82 Å². The van der Waals surface area contributed by atoms with Crippen molar-refractivity contribution in [1.82, 2.24) is 0 Å². The molecule has 1 aliphatic heterocycles. The van der Waals surface area contributed by atoms with E-state index in [4.69, 9.17) is 16.2 Å². The van der Waals surface area contributed by atoms with Crippen LogP contribution in [-0.2, 0) is 10.3 Å².